The zero-order chi connectivity index (χ0) is 11.3. The first-order chi connectivity index (χ1) is 7.15. The second-order valence-corrected chi connectivity index (χ2v) is 3.74. The maximum Gasteiger partial charge on any atom is 0.127 e. The third-order valence-corrected chi connectivity index (χ3v) is 2.35. The van der Waals surface area contributed by atoms with Crippen LogP contribution in [0.1, 0.15) is 31.9 Å². The number of hydrogen-bond acceptors (Lipinski definition) is 2. The molecule has 0 radical (unpaired) electrons. The molecule has 0 saturated heterocycles. The lowest BCUT2D eigenvalue weighted by atomic mass is 10.0. The summed E-state index contributed by atoms with van der Waals surface area (Å²) < 4.78 is 13.4. The highest BCUT2D eigenvalue weighted by Crippen LogP contribution is 2.19. The SMILES string of the molecule is CC[C@H](NC[C@@H](C)O)c1ccccc1F. The third kappa shape index (κ3) is 3.61. The van der Waals surface area contributed by atoms with Gasteiger partial charge >= 0.3 is 0 Å². The molecule has 1 aromatic carbocycles. The zero-order valence-corrected chi connectivity index (χ0v) is 9.20. The molecule has 0 unspecified atom stereocenters. The Morgan fingerprint density at radius 1 is 1.40 bits per heavy atom. The van der Waals surface area contributed by atoms with Crippen LogP contribution < -0.4 is 5.32 Å². The highest BCUT2D eigenvalue weighted by Gasteiger charge is 2.12. The summed E-state index contributed by atoms with van der Waals surface area (Å²) in [5, 5.41) is 12.3. The van der Waals surface area contributed by atoms with E-state index < -0.39 is 6.10 Å². The van der Waals surface area contributed by atoms with Crippen molar-refractivity contribution in [2.24, 2.45) is 0 Å². The average Bonchev–Trinajstić information content (AvgIpc) is 2.21. The Bertz CT molecular complexity index is 301. The molecule has 84 valence electrons. The highest BCUT2D eigenvalue weighted by atomic mass is 19.1. The van der Waals surface area contributed by atoms with Crippen molar-refractivity contribution in [3.05, 3.63) is 35.6 Å². The van der Waals surface area contributed by atoms with Crippen molar-refractivity contribution in [2.45, 2.75) is 32.4 Å². The molecule has 15 heavy (non-hydrogen) atoms. The van der Waals surface area contributed by atoms with E-state index in [0.717, 1.165) is 6.42 Å². The minimum atomic E-state index is -0.411. The number of benzene rings is 1. The predicted molar refractivity (Wildman–Crippen MR) is 59.1 cm³/mol. The minimum Gasteiger partial charge on any atom is -0.392 e. The lowest BCUT2D eigenvalue weighted by molar-refractivity contribution is 0.185. The summed E-state index contributed by atoms with van der Waals surface area (Å²) in [6, 6.07) is 6.71. The van der Waals surface area contributed by atoms with Crippen LogP contribution in [0, 0.1) is 5.82 Å². The van der Waals surface area contributed by atoms with Crippen molar-refractivity contribution < 1.29 is 9.50 Å². The lowest BCUT2D eigenvalue weighted by Gasteiger charge is -2.18. The van der Waals surface area contributed by atoms with E-state index >= 15 is 0 Å². The third-order valence-electron chi connectivity index (χ3n) is 2.35. The van der Waals surface area contributed by atoms with Gasteiger partial charge in [0.2, 0.25) is 0 Å². The van der Waals surface area contributed by atoms with Crippen molar-refractivity contribution in [3.8, 4) is 0 Å². The van der Waals surface area contributed by atoms with Crippen LogP contribution in [0.25, 0.3) is 0 Å². The number of rotatable bonds is 5. The van der Waals surface area contributed by atoms with Gasteiger partial charge in [-0.25, -0.2) is 4.39 Å². The molecule has 1 aromatic rings. The van der Waals surface area contributed by atoms with Gasteiger partial charge in [0.25, 0.3) is 0 Å². The van der Waals surface area contributed by atoms with Gasteiger partial charge in [-0.2, -0.15) is 0 Å². The van der Waals surface area contributed by atoms with E-state index in [-0.39, 0.29) is 11.9 Å². The average molecular weight is 211 g/mol. The molecule has 0 aromatic heterocycles. The summed E-state index contributed by atoms with van der Waals surface area (Å²) in [5.74, 6) is -0.192. The number of aliphatic hydroxyl groups is 1. The van der Waals surface area contributed by atoms with E-state index in [0.29, 0.717) is 12.1 Å². The fraction of sp³-hybridized carbons (Fsp3) is 0.500. The first-order valence-corrected chi connectivity index (χ1v) is 5.31. The summed E-state index contributed by atoms with van der Waals surface area (Å²) >= 11 is 0. The van der Waals surface area contributed by atoms with Gasteiger partial charge in [-0.05, 0) is 19.4 Å². The molecule has 2 nitrogen and oxygen atoms in total. The summed E-state index contributed by atoms with van der Waals surface area (Å²) in [5.41, 5.74) is 0.667. The molecule has 0 aliphatic rings. The van der Waals surface area contributed by atoms with Crippen LogP contribution in [-0.2, 0) is 0 Å². The van der Waals surface area contributed by atoms with Crippen LogP contribution in [0.4, 0.5) is 4.39 Å². The van der Waals surface area contributed by atoms with E-state index in [2.05, 4.69) is 5.32 Å². The topological polar surface area (TPSA) is 32.3 Å². The maximum absolute atomic E-state index is 13.4. The second-order valence-electron chi connectivity index (χ2n) is 3.74. The fourth-order valence-electron chi connectivity index (χ4n) is 1.54. The predicted octanol–water partition coefficient (Wildman–Crippen LogP) is 2.25. The Hall–Kier alpha value is -0.930. The first kappa shape index (κ1) is 12.1. The summed E-state index contributed by atoms with van der Waals surface area (Å²) in [6.45, 7) is 4.18. The molecule has 0 spiro atoms. The largest absolute Gasteiger partial charge is 0.392 e. The molecular formula is C12H18FNO. The van der Waals surface area contributed by atoms with Crippen molar-refractivity contribution >= 4 is 0 Å². The molecule has 0 bridgehead atoms. The Labute approximate surface area is 90.1 Å². The molecule has 3 heteroatoms. The normalized spacial score (nSPS) is 14.9. The number of halogens is 1. The minimum absolute atomic E-state index is 0.0270. The molecule has 0 amide bonds. The summed E-state index contributed by atoms with van der Waals surface area (Å²) in [6.07, 6.45) is 0.388. The molecule has 0 aliphatic carbocycles. The molecule has 0 saturated carbocycles. The lowest BCUT2D eigenvalue weighted by Crippen LogP contribution is -2.28. The van der Waals surface area contributed by atoms with E-state index in [1.54, 1.807) is 19.1 Å². The van der Waals surface area contributed by atoms with Crippen molar-refractivity contribution in [2.75, 3.05) is 6.54 Å². The quantitative estimate of drug-likeness (QED) is 0.783. The molecule has 0 fully saturated rings. The van der Waals surface area contributed by atoms with Gasteiger partial charge in [0.05, 0.1) is 6.10 Å². The standard InChI is InChI=1S/C12H18FNO/c1-3-12(14-8-9(2)15)10-6-4-5-7-11(10)13/h4-7,9,12,14-15H,3,8H2,1-2H3/t9-,12+/m1/s1. The van der Waals surface area contributed by atoms with Crippen LogP contribution in [-0.4, -0.2) is 17.8 Å². The van der Waals surface area contributed by atoms with Crippen LogP contribution in [0.5, 0.6) is 0 Å². The van der Waals surface area contributed by atoms with Gasteiger partial charge < -0.3 is 10.4 Å². The van der Waals surface area contributed by atoms with Crippen LogP contribution in [0.3, 0.4) is 0 Å². The van der Waals surface area contributed by atoms with Crippen LogP contribution in [0.15, 0.2) is 24.3 Å². The Morgan fingerprint density at radius 3 is 2.60 bits per heavy atom. The maximum atomic E-state index is 13.4. The molecular weight excluding hydrogens is 193 g/mol. The summed E-state index contributed by atoms with van der Waals surface area (Å²) in [7, 11) is 0. The molecule has 1 rings (SSSR count). The summed E-state index contributed by atoms with van der Waals surface area (Å²) in [4.78, 5) is 0. The Balaban J connectivity index is 2.70. The monoisotopic (exact) mass is 211 g/mol. The number of nitrogens with one attached hydrogen (secondary N) is 1. The van der Waals surface area contributed by atoms with Gasteiger partial charge in [-0.1, -0.05) is 25.1 Å². The Kier molecular flexibility index (Phi) is 4.72. The van der Waals surface area contributed by atoms with Gasteiger partial charge in [-0.15, -0.1) is 0 Å². The fourth-order valence-corrected chi connectivity index (χ4v) is 1.54. The van der Waals surface area contributed by atoms with E-state index in [1.165, 1.54) is 6.07 Å². The molecule has 2 N–H and O–H groups in total. The van der Waals surface area contributed by atoms with E-state index in [1.807, 2.05) is 13.0 Å². The highest BCUT2D eigenvalue weighted by molar-refractivity contribution is 5.21. The van der Waals surface area contributed by atoms with Crippen molar-refractivity contribution in [3.63, 3.8) is 0 Å². The van der Waals surface area contributed by atoms with E-state index in [4.69, 9.17) is 5.11 Å². The first-order valence-electron chi connectivity index (χ1n) is 5.31. The number of hydrogen-bond donors (Lipinski definition) is 2. The van der Waals surface area contributed by atoms with Crippen molar-refractivity contribution in [1.82, 2.24) is 5.32 Å². The Morgan fingerprint density at radius 2 is 2.07 bits per heavy atom. The van der Waals surface area contributed by atoms with Crippen LogP contribution >= 0.6 is 0 Å². The molecule has 0 aliphatic heterocycles. The van der Waals surface area contributed by atoms with Crippen molar-refractivity contribution in [1.29, 1.82) is 0 Å². The molecule has 0 heterocycles. The van der Waals surface area contributed by atoms with Gasteiger partial charge in [0.15, 0.2) is 0 Å². The van der Waals surface area contributed by atoms with Gasteiger partial charge in [0.1, 0.15) is 5.82 Å². The van der Waals surface area contributed by atoms with E-state index in [9.17, 15) is 4.39 Å². The van der Waals surface area contributed by atoms with Gasteiger partial charge in [0, 0.05) is 18.2 Å². The number of aliphatic hydroxyl groups excluding tert-OH is 1. The zero-order valence-electron chi connectivity index (χ0n) is 9.20. The second kappa shape index (κ2) is 5.83. The van der Waals surface area contributed by atoms with Crippen LogP contribution in [0.2, 0.25) is 0 Å². The smallest absolute Gasteiger partial charge is 0.127 e. The van der Waals surface area contributed by atoms with Gasteiger partial charge in [-0.3, -0.25) is 0 Å². The molecule has 2 atom stereocenters.